The maximum Gasteiger partial charge on any atom is 0.408 e. The van der Waals surface area contributed by atoms with Gasteiger partial charge in [0.15, 0.2) is 11.6 Å². The second kappa shape index (κ2) is 12.9. The second-order valence-electron chi connectivity index (χ2n) is 7.50. The molecule has 0 aromatic heterocycles. The summed E-state index contributed by atoms with van der Waals surface area (Å²) in [5, 5.41) is 34.0. The Labute approximate surface area is 206 Å². The number of esters is 1. The number of phenolic OH excluding ortho intramolecular Hbond substituents is 1. The van der Waals surface area contributed by atoms with E-state index in [1.807, 2.05) is 0 Å². The Bertz CT molecular complexity index is 1130. The van der Waals surface area contributed by atoms with Gasteiger partial charge in [-0.05, 0) is 25.0 Å². The van der Waals surface area contributed by atoms with Gasteiger partial charge in [0, 0.05) is 17.8 Å². The molecular weight excluding hydrogens is 499 g/mol. The van der Waals surface area contributed by atoms with E-state index in [1.165, 1.54) is 0 Å². The second-order valence-corrected chi connectivity index (χ2v) is 9.95. The highest BCUT2D eigenvalue weighted by Crippen LogP contribution is 2.56. The maximum atomic E-state index is 12.9. The van der Waals surface area contributed by atoms with Crippen molar-refractivity contribution >= 4 is 25.1 Å². The topological polar surface area (TPSA) is 195 Å². The highest BCUT2D eigenvalue weighted by Gasteiger charge is 2.35. The number of carbonyl (C=O) groups is 2. The zero-order valence-corrected chi connectivity index (χ0v) is 20.4. The molecule has 0 spiro atoms. The smallest absolute Gasteiger partial charge is 0.408 e. The lowest BCUT2D eigenvalue weighted by Gasteiger charge is -2.22. The molecular formula is C22H27N2O11P. The van der Waals surface area contributed by atoms with E-state index in [0.717, 1.165) is 19.2 Å². The average Bonchev–Trinajstić information content (AvgIpc) is 2.86. The van der Waals surface area contributed by atoms with Crippen LogP contribution in [0.1, 0.15) is 30.3 Å². The first-order valence-electron chi connectivity index (χ1n) is 10.7. The third-order valence-electron chi connectivity index (χ3n) is 4.98. The normalized spacial score (nSPS) is 14.1. The van der Waals surface area contributed by atoms with Crippen LogP contribution in [0.3, 0.4) is 0 Å². The van der Waals surface area contributed by atoms with Gasteiger partial charge in [-0.25, -0.2) is 9.59 Å². The van der Waals surface area contributed by atoms with E-state index in [9.17, 15) is 39.4 Å². The summed E-state index contributed by atoms with van der Waals surface area (Å²) in [4.78, 5) is 45.0. The Morgan fingerprint density at radius 3 is 2.47 bits per heavy atom. The van der Waals surface area contributed by atoms with Crippen LogP contribution in [-0.2, 0) is 25.4 Å². The first-order chi connectivity index (χ1) is 17.0. The van der Waals surface area contributed by atoms with Gasteiger partial charge in [0.1, 0.15) is 12.6 Å². The average molecular weight is 526 g/mol. The van der Waals surface area contributed by atoms with Gasteiger partial charge in [-0.1, -0.05) is 30.3 Å². The highest BCUT2D eigenvalue weighted by molar-refractivity contribution is 7.58. The zero-order valence-electron chi connectivity index (χ0n) is 19.5. The Morgan fingerprint density at radius 2 is 1.89 bits per heavy atom. The summed E-state index contributed by atoms with van der Waals surface area (Å²) < 4.78 is 27.7. The number of nitro benzene ring substituents is 1. The van der Waals surface area contributed by atoms with E-state index in [-0.39, 0.29) is 24.5 Å². The van der Waals surface area contributed by atoms with Gasteiger partial charge < -0.3 is 34.6 Å². The van der Waals surface area contributed by atoms with Gasteiger partial charge in [-0.15, -0.1) is 0 Å². The molecule has 0 aliphatic rings. The fourth-order valence-corrected chi connectivity index (χ4v) is 4.62. The summed E-state index contributed by atoms with van der Waals surface area (Å²) in [5.74, 6) is -4.18. The molecule has 36 heavy (non-hydrogen) atoms. The fourth-order valence-electron chi connectivity index (χ4n) is 3.14. The maximum absolute atomic E-state index is 12.9. The summed E-state index contributed by atoms with van der Waals surface area (Å²) in [6, 6.07) is 9.11. The third kappa shape index (κ3) is 7.67. The number of aromatic hydroxyl groups is 1. The van der Waals surface area contributed by atoms with Gasteiger partial charge in [-0.3, -0.25) is 14.7 Å². The van der Waals surface area contributed by atoms with E-state index in [1.54, 1.807) is 37.3 Å². The predicted molar refractivity (Wildman–Crippen MR) is 126 cm³/mol. The largest absolute Gasteiger partial charge is 0.500 e. The highest BCUT2D eigenvalue weighted by atomic mass is 31.2. The molecule has 0 aliphatic heterocycles. The molecule has 3 atom stereocenters. The van der Waals surface area contributed by atoms with Crippen LogP contribution in [-0.4, -0.2) is 58.0 Å². The molecule has 2 aromatic rings. The quantitative estimate of drug-likeness (QED) is 0.137. The van der Waals surface area contributed by atoms with Gasteiger partial charge >= 0.3 is 17.7 Å². The van der Waals surface area contributed by atoms with Gasteiger partial charge in [0.2, 0.25) is 13.1 Å². The SMILES string of the molecule is CCOc1cc(C(O)P(=O)(O)CC[C@H](NC(=O)OCc2ccccc2)C(=O)OC)cc([N+](=O)[O-])c1O. The minimum atomic E-state index is -4.52. The van der Waals surface area contributed by atoms with Crippen LogP contribution in [0, 0.1) is 10.1 Å². The van der Waals surface area contributed by atoms with Crippen LogP contribution in [0.2, 0.25) is 0 Å². The number of hydrogen-bond donors (Lipinski definition) is 4. The number of alkyl carbamates (subject to hydrolysis) is 1. The fraction of sp³-hybridized carbons (Fsp3) is 0.364. The number of aliphatic hydroxyl groups is 1. The Morgan fingerprint density at radius 1 is 1.22 bits per heavy atom. The van der Waals surface area contributed by atoms with Gasteiger partial charge in [0.25, 0.3) is 0 Å². The van der Waals surface area contributed by atoms with Crippen molar-refractivity contribution in [3.05, 3.63) is 63.7 Å². The lowest BCUT2D eigenvalue weighted by atomic mass is 10.1. The predicted octanol–water partition coefficient (Wildman–Crippen LogP) is 2.82. The first-order valence-corrected chi connectivity index (χ1v) is 12.6. The van der Waals surface area contributed by atoms with Crippen LogP contribution < -0.4 is 10.1 Å². The summed E-state index contributed by atoms with van der Waals surface area (Å²) in [5.41, 5.74) is -0.483. The number of nitro groups is 1. The molecule has 0 saturated carbocycles. The van der Waals surface area contributed by atoms with Crippen molar-refractivity contribution in [3.8, 4) is 11.5 Å². The number of amides is 1. The van der Waals surface area contributed by atoms with E-state index in [2.05, 4.69) is 10.1 Å². The molecule has 2 unspecified atom stereocenters. The number of hydrogen-bond acceptors (Lipinski definition) is 10. The molecule has 2 rings (SSSR count). The van der Waals surface area contributed by atoms with Crippen molar-refractivity contribution in [2.24, 2.45) is 0 Å². The monoisotopic (exact) mass is 526 g/mol. The first kappa shape index (κ1) is 28.6. The zero-order chi connectivity index (χ0) is 26.9. The molecule has 0 fully saturated rings. The van der Waals surface area contributed by atoms with E-state index in [0.29, 0.717) is 5.56 Å². The Kier molecular flexibility index (Phi) is 10.2. The van der Waals surface area contributed by atoms with Crippen LogP contribution in [0.15, 0.2) is 42.5 Å². The molecule has 0 heterocycles. The minimum Gasteiger partial charge on any atom is -0.500 e. The summed E-state index contributed by atoms with van der Waals surface area (Å²) in [6.07, 6.45) is -2.07. The van der Waals surface area contributed by atoms with Crippen LogP contribution in [0.25, 0.3) is 0 Å². The number of aliphatic hydroxyl groups excluding tert-OH is 1. The van der Waals surface area contributed by atoms with E-state index >= 15 is 0 Å². The van der Waals surface area contributed by atoms with Crippen molar-refractivity contribution < 1.29 is 48.4 Å². The Hall–Kier alpha value is -3.67. The third-order valence-corrected chi connectivity index (χ3v) is 6.94. The molecule has 0 bridgehead atoms. The lowest BCUT2D eigenvalue weighted by Crippen LogP contribution is -2.42. The number of carbonyl (C=O) groups excluding carboxylic acids is 2. The number of nitrogens with one attached hydrogen (secondary N) is 1. The number of benzene rings is 2. The van der Waals surface area contributed by atoms with E-state index in [4.69, 9.17) is 9.47 Å². The molecule has 196 valence electrons. The lowest BCUT2D eigenvalue weighted by molar-refractivity contribution is -0.386. The number of methoxy groups -OCH3 is 1. The molecule has 0 saturated heterocycles. The van der Waals surface area contributed by atoms with Crippen LogP contribution in [0.4, 0.5) is 10.5 Å². The number of rotatable bonds is 12. The van der Waals surface area contributed by atoms with Crippen LogP contribution >= 0.6 is 7.37 Å². The van der Waals surface area contributed by atoms with Crippen molar-refractivity contribution in [2.45, 2.75) is 31.8 Å². The van der Waals surface area contributed by atoms with Gasteiger partial charge in [-0.2, -0.15) is 0 Å². The molecule has 13 nitrogen and oxygen atoms in total. The molecule has 1 amide bonds. The summed E-state index contributed by atoms with van der Waals surface area (Å²) in [7, 11) is -3.46. The molecule has 2 aromatic carbocycles. The molecule has 4 N–H and O–H groups in total. The standard InChI is InChI=1S/C22H27N2O11P/c1-3-34-18-12-15(11-17(19(18)25)24(29)30)21(27)36(31,32)10-9-16(20(26)33-2)23-22(28)35-13-14-7-5-4-6-8-14/h4-8,11-12,16,21,25,27H,3,9-10,13H2,1-2H3,(H,23,28)(H,31,32)/t16-,21?/m0/s1. The molecule has 0 aliphatic carbocycles. The Balaban J connectivity index is 2.13. The number of ether oxygens (including phenoxy) is 3. The minimum absolute atomic E-state index is 0.0217. The number of phenols is 1. The van der Waals surface area contributed by atoms with Crippen molar-refractivity contribution in [1.82, 2.24) is 5.32 Å². The summed E-state index contributed by atoms with van der Waals surface area (Å²) in [6.45, 7) is 1.49. The summed E-state index contributed by atoms with van der Waals surface area (Å²) >= 11 is 0. The molecule has 14 heteroatoms. The van der Waals surface area contributed by atoms with E-state index < -0.39 is 60.3 Å². The number of nitrogens with zero attached hydrogens (tertiary/aromatic N) is 1. The van der Waals surface area contributed by atoms with Crippen molar-refractivity contribution in [2.75, 3.05) is 19.9 Å². The van der Waals surface area contributed by atoms with Crippen LogP contribution in [0.5, 0.6) is 11.5 Å². The molecule has 0 radical (unpaired) electrons. The van der Waals surface area contributed by atoms with Crippen molar-refractivity contribution in [1.29, 1.82) is 0 Å². The van der Waals surface area contributed by atoms with Gasteiger partial charge in [0.05, 0.1) is 18.6 Å². The van der Waals surface area contributed by atoms with Crippen molar-refractivity contribution in [3.63, 3.8) is 0 Å².